The minimum Gasteiger partial charge on any atom is -0.481 e. The van der Waals surface area contributed by atoms with E-state index in [-0.39, 0.29) is 5.92 Å². The van der Waals surface area contributed by atoms with E-state index in [0.29, 0.717) is 24.7 Å². The molecular formula is C14H22N4O2. The monoisotopic (exact) mass is 278 g/mol. The molecule has 0 saturated carbocycles. The van der Waals surface area contributed by atoms with E-state index in [1.807, 2.05) is 6.07 Å². The molecule has 0 aromatic carbocycles. The van der Waals surface area contributed by atoms with Gasteiger partial charge in [0.25, 0.3) is 0 Å². The number of carboxylic acids is 1. The Morgan fingerprint density at radius 3 is 2.80 bits per heavy atom. The van der Waals surface area contributed by atoms with E-state index in [1.165, 1.54) is 0 Å². The van der Waals surface area contributed by atoms with Crippen LogP contribution in [-0.4, -0.2) is 40.7 Å². The lowest BCUT2D eigenvalue weighted by Gasteiger charge is -2.31. The highest BCUT2D eigenvalue weighted by Gasteiger charge is 2.25. The molecule has 0 radical (unpaired) electrons. The Balaban J connectivity index is 1.96. The van der Waals surface area contributed by atoms with Crippen LogP contribution in [0, 0.1) is 11.8 Å². The van der Waals surface area contributed by atoms with Gasteiger partial charge in [-0.1, -0.05) is 13.8 Å². The summed E-state index contributed by atoms with van der Waals surface area (Å²) in [7, 11) is 0. The number of anilines is 2. The number of aromatic nitrogens is 2. The molecule has 1 saturated heterocycles. The van der Waals surface area contributed by atoms with Gasteiger partial charge in [-0.2, -0.15) is 4.98 Å². The number of hydrogen-bond donors (Lipinski definition) is 2. The van der Waals surface area contributed by atoms with Crippen LogP contribution in [0.3, 0.4) is 0 Å². The van der Waals surface area contributed by atoms with Gasteiger partial charge in [0.05, 0.1) is 5.92 Å². The second-order valence-electron chi connectivity index (χ2n) is 5.61. The summed E-state index contributed by atoms with van der Waals surface area (Å²) >= 11 is 0. The molecule has 1 fully saturated rings. The fourth-order valence-electron chi connectivity index (χ4n) is 2.26. The van der Waals surface area contributed by atoms with Crippen molar-refractivity contribution in [1.82, 2.24) is 9.97 Å². The molecule has 0 bridgehead atoms. The lowest BCUT2D eigenvalue weighted by molar-refractivity contribution is -0.142. The van der Waals surface area contributed by atoms with Gasteiger partial charge in [-0.15, -0.1) is 0 Å². The predicted molar refractivity (Wildman–Crippen MR) is 77.9 cm³/mol. The quantitative estimate of drug-likeness (QED) is 0.855. The predicted octanol–water partition coefficient (Wildman–Crippen LogP) is 1.85. The van der Waals surface area contributed by atoms with Gasteiger partial charge in [-0.3, -0.25) is 4.79 Å². The normalized spacial score (nSPS) is 16.4. The van der Waals surface area contributed by atoms with Crippen molar-refractivity contribution in [3.8, 4) is 0 Å². The first-order valence-electron chi connectivity index (χ1n) is 7.11. The summed E-state index contributed by atoms with van der Waals surface area (Å²) in [4.78, 5) is 21.8. The molecule has 0 aliphatic carbocycles. The molecule has 6 nitrogen and oxygen atoms in total. The van der Waals surface area contributed by atoms with Crippen LogP contribution in [0.2, 0.25) is 0 Å². The van der Waals surface area contributed by atoms with Gasteiger partial charge in [0.15, 0.2) is 0 Å². The van der Waals surface area contributed by atoms with Crippen LogP contribution >= 0.6 is 0 Å². The lowest BCUT2D eigenvalue weighted by Crippen LogP contribution is -2.36. The van der Waals surface area contributed by atoms with Crippen LogP contribution in [-0.2, 0) is 4.79 Å². The molecule has 1 aliphatic heterocycles. The number of piperidine rings is 1. The SMILES string of the molecule is CC(C)CNc1nccc(N2CCC(C(=O)O)CC2)n1. The Hall–Kier alpha value is -1.85. The topological polar surface area (TPSA) is 78.4 Å². The number of nitrogens with zero attached hydrogens (tertiary/aromatic N) is 3. The van der Waals surface area contributed by atoms with Crippen LogP contribution in [0.15, 0.2) is 12.3 Å². The molecule has 0 amide bonds. The van der Waals surface area contributed by atoms with Gasteiger partial charge in [0.1, 0.15) is 5.82 Å². The van der Waals surface area contributed by atoms with E-state index in [4.69, 9.17) is 5.11 Å². The summed E-state index contributed by atoms with van der Waals surface area (Å²) < 4.78 is 0. The van der Waals surface area contributed by atoms with Crippen LogP contribution in [0.5, 0.6) is 0 Å². The zero-order valence-electron chi connectivity index (χ0n) is 12.0. The first-order chi connectivity index (χ1) is 9.56. The molecule has 2 heterocycles. The van der Waals surface area contributed by atoms with Crippen LogP contribution < -0.4 is 10.2 Å². The first-order valence-corrected chi connectivity index (χ1v) is 7.11. The van der Waals surface area contributed by atoms with E-state index < -0.39 is 5.97 Å². The van der Waals surface area contributed by atoms with Gasteiger partial charge in [0.2, 0.25) is 5.95 Å². The number of carboxylic acid groups (broad SMARTS) is 1. The highest BCUT2D eigenvalue weighted by molar-refractivity contribution is 5.70. The molecule has 0 atom stereocenters. The van der Waals surface area contributed by atoms with Crippen molar-refractivity contribution in [2.24, 2.45) is 11.8 Å². The average Bonchev–Trinajstić information content (AvgIpc) is 2.45. The highest BCUT2D eigenvalue weighted by atomic mass is 16.4. The van der Waals surface area contributed by atoms with Crippen LogP contribution in [0.4, 0.5) is 11.8 Å². The Bertz CT molecular complexity index is 456. The summed E-state index contributed by atoms with van der Waals surface area (Å²) in [5.74, 6) is 1.14. The molecule has 2 N–H and O–H groups in total. The molecule has 110 valence electrons. The largest absolute Gasteiger partial charge is 0.481 e. The van der Waals surface area contributed by atoms with Crippen LogP contribution in [0.25, 0.3) is 0 Å². The Morgan fingerprint density at radius 1 is 1.50 bits per heavy atom. The lowest BCUT2D eigenvalue weighted by atomic mass is 9.97. The second kappa shape index (κ2) is 6.54. The van der Waals surface area contributed by atoms with Gasteiger partial charge in [-0.25, -0.2) is 4.98 Å². The third kappa shape index (κ3) is 3.82. The average molecular weight is 278 g/mol. The summed E-state index contributed by atoms with van der Waals surface area (Å²) in [5.41, 5.74) is 0. The first kappa shape index (κ1) is 14.6. The van der Waals surface area contributed by atoms with Crippen molar-refractivity contribution in [2.75, 3.05) is 29.9 Å². The van der Waals surface area contributed by atoms with Crippen molar-refractivity contribution in [2.45, 2.75) is 26.7 Å². The summed E-state index contributed by atoms with van der Waals surface area (Å²) in [6.07, 6.45) is 3.09. The van der Waals surface area contributed by atoms with Crippen molar-refractivity contribution in [3.05, 3.63) is 12.3 Å². The van der Waals surface area contributed by atoms with Crippen LogP contribution in [0.1, 0.15) is 26.7 Å². The highest BCUT2D eigenvalue weighted by Crippen LogP contribution is 2.22. The van der Waals surface area contributed by atoms with Gasteiger partial charge in [0, 0.05) is 25.8 Å². The Labute approximate surface area is 119 Å². The van der Waals surface area contributed by atoms with Gasteiger partial charge in [-0.05, 0) is 24.8 Å². The third-order valence-electron chi connectivity index (χ3n) is 3.48. The number of aliphatic carboxylic acids is 1. The number of carbonyl (C=O) groups is 1. The standard InChI is InChI=1S/C14H22N4O2/c1-10(2)9-16-14-15-6-3-12(17-14)18-7-4-11(5-8-18)13(19)20/h3,6,10-11H,4-5,7-9H2,1-2H3,(H,19,20)(H,15,16,17). The van der Waals surface area contributed by atoms with Crippen molar-refractivity contribution < 1.29 is 9.90 Å². The zero-order valence-corrected chi connectivity index (χ0v) is 12.0. The second-order valence-corrected chi connectivity index (χ2v) is 5.61. The molecule has 1 aromatic heterocycles. The summed E-state index contributed by atoms with van der Waals surface area (Å²) in [5, 5.41) is 12.2. The summed E-state index contributed by atoms with van der Waals surface area (Å²) in [6.45, 7) is 6.57. The number of nitrogens with one attached hydrogen (secondary N) is 1. The van der Waals surface area contributed by atoms with E-state index in [0.717, 1.165) is 25.5 Å². The molecule has 2 rings (SSSR count). The van der Waals surface area contributed by atoms with Crippen molar-refractivity contribution in [1.29, 1.82) is 0 Å². The number of hydrogen-bond acceptors (Lipinski definition) is 5. The fourth-order valence-corrected chi connectivity index (χ4v) is 2.26. The molecule has 0 unspecified atom stereocenters. The smallest absolute Gasteiger partial charge is 0.306 e. The van der Waals surface area contributed by atoms with Gasteiger partial charge < -0.3 is 15.3 Å². The summed E-state index contributed by atoms with van der Waals surface area (Å²) in [6, 6.07) is 1.88. The molecule has 6 heteroatoms. The Morgan fingerprint density at radius 2 is 2.20 bits per heavy atom. The van der Waals surface area contributed by atoms with E-state index in [1.54, 1.807) is 6.20 Å². The fraction of sp³-hybridized carbons (Fsp3) is 0.643. The zero-order chi connectivity index (χ0) is 14.5. The number of rotatable bonds is 5. The molecular weight excluding hydrogens is 256 g/mol. The molecule has 1 aliphatic rings. The van der Waals surface area contributed by atoms with Crippen molar-refractivity contribution in [3.63, 3.8) is 0 Å². The van der Waals surface area contributed by atoms with E-state index >= 15 is 0 Å². The Kier molecular flexibility index (Phi) is 4.76. The van der Waals surface area contributed by atoms with E-state index in [2.05, 4.69) is 34.0 Å². The minimum absolute atomic E-state index is 0.216. The third-order valence-corrected chi connectivity index (χ3v) is 3.48. The minimum atomic E-state index is -0.688. The maximum atomic E-state index is 10.9. The maximum absolute atomic E-state index is 10.9. The van der Waals surface area contributed by atoms with Crippen molar-refractivity contribution >= 4 is 17.7 Å². The van der Waals surface area contributed by atoms with Gasteiger partial charge >= 0.3 is 5.97 Å². The maximum Gasteiger partial charge on any atom is 0.306 e. The van der Waals surface area contributed by atoms with E-state index in [9.17, 15) is 4.79 Å². The molecule has 20 heavy (non-hydrogen) atoms. The molecule has 0 spiro atoms. The molecule has 1 aromatic rings.